The van der Waals surface area contributed by atoms with Crippen molar-refractivity contribution in [2.45, 2.75) is 106 Å². The Labute approximate surface area is 701 Å². The van der Waals surface area contributed by atoms with E-state index in [0.717, 1.165) is 134 Å². The number of aromatic hydroxyl groups is 4. The summed E-state index contributed by atoms with van der Waals surface area (Å²) >= 11 is 0. The summed E-state index contributed by atoms with van der Waals surface area (Å²) in [6.45, 7) is 20.9. The summed E-state index contributed by atoms with van der Waals surface area (Å²) in [6.07, 6.45) is 1.45. The van der Waals surface area contributed by atoms with Crippen molar-refractivity contribution in [3.8, 4) is 114 Å². The molecular formula is C108H80N2O12. The number of benzene rings is 18. The van der Waals surface area contributed by atoms with Crippen LogP contribution in [0.2, 0.25) is 0 Å². The van der Waals surface area contributed by atoms with Crippen LogP contribution in [-0.4, -0.2) is 44.1 Å². The molecule has 14 heteroatoms. The lowest BCUT2D eigenvalue weighted by molar-refractivity contribution is 0.0877. The number of imide groups is 2. The second-order valence-electron chi connectivity index (χ2n) is 34.4. The van der Waals surface area contributed by atoms with Gasteiger partial charge in [-0.25, -0.2) is 9.80 Å². The van der Waals surface area contributed by atoms with E-state index in [9.17, 15) is 20.4 Å². The van der Waals surface area contributed by atoms with Crippen LogP contribution in [0.5, 0.6) is 69.0 Å². The Morgan fingerprint density at radius 2 is 0.492 bits per heavy atom. The highest BCUT2D eigenvalue weighted by atomic mass is 16.5. The van der Waals surface area contributed by atoms with Crippen LogP contribution in [0.3, 0.4) is 0 Å². The molecule has 18 aromatic carbocycles. The van der Waals surface area contributed by atoms with Crippen molar-refractivity contribution in [3.05, 3.63) is 297 Å². The second kappa shape index (κ2) is 26.9. The van der Waals surface area contributed by atoms with Gasteiger partial charge in [0.2, 0.25) is 0 Å². The molecule has 22 rings (SSSR count). The molecular weight excluding hydrogens is 1520 g/mol. The average molecular weight is 1600 g/mol. The van der Waals surface area contributed by atoms with Gasteiger partial charge in [0, 0.05) is 43.1 Å². The van der Waals surface area contributed by atoms with E-state index in [1.807, 2.05) is 36.4 Å². The molecule has 0 fully saturated rings. The highest BCUT2D eigenvalue weighted by molar-refractivity contribution is 6.47. The van der Waals surface area contributed by atoms with E-state index < -0.39 is 23.6 Å². The first-order chi connectivity index (χ1) is 58.9. The number of hydrogen-bond donors (Lipinski definition) is 4. The molecule has 4 amide bonds. The molecule has 4 N–H and O–H groups in total. The summed E-state index contributed by atoms with van der Waals surface area (Å²) in [6, 6.07) is 72.0. The molecule has 122 heavy (non-hydrogen) atoms. The highest BCUT2D eigenvalue weighted by Crippen LogP contribution is 2.61. The van der Waals surface area contributed by atoms with E-state index in [1.54, 1.807) is 121 Å². The van der Waals surface area contributed by atoms with Crippen LogP contribution in [0.4, 0.5) is 11.4 Å². The van der Waals surface area contributed by atoms with Gasteiger partial charge in [0.15, 0.2) is 0 Å². The number of aryl methyl sites for hydroxylation is 4. The van der Waals surface area contributed by atoms with Gasteiger partial charge < -0.3 is 39.4 Å². The topological polar surface area (TPSA) is 193 Å². The highest BCUT2D eigenvalue weighted by Gasteiger charge is 2.44. The van der Waals surface area contributed by atoms with Gasteiger partial charge in [0.1, 0.15) is 69.0 Å². The zero-order valence-electron chi connectivity index (χ0n) is 68.6. The summed E-state index contributed by atoms with van der Waals surface area (Å²) in [5, 5.41) is 54.7. The molecule has 2 aliphatic heterocycles. The molecule has 0 atom stereocenters. The summed E-state index contributed by atoms with van der Waals surface area (Å²) in [5.74, 6) is 1.37. The predicted octanol–water partition coefficient (Wildman–Crippen LogP) is 27.6. The Morgan fingerprint density at radius 1 is 0.254 bits per heavy atom. The van der Waals surface area contributed by atoms with Crippen molar-refractivity contribution in [2.24, 2.45) is 0 Å². The van der Waals surface area contributed by atoms with Gasteiger partial charge in [-0.1, -0.05) is 165 Å². The third-order valence-electron chi connectivity index (χ3n) is 26.0. The fourth-order valence-electron chi connectivity index (χ4n) is 20.3. The quantitative estimate of drug-likeness (QED) is 0.0384. The van der Waals surface area contributed by atoms with E-state index >= 15 is 19.2 Å². The number of rotatable bonds is 17. The smallest absolute Gasteiger partial charge is 0.266 e. The largest absolute Gasteiger partial charge is 0.508 e. The second-order valence-corrected chi connectivity index (χ2v) is 34.4. The molecule has 0 unspecified atom stereocenters. The third-order valence-corrected chi connectivity index (χ3v) is 26.0. The Balaban J connectivity index is 0.682. The number of carbonyl (C=O) groups excluding carboxylic acids is 4. The fraction of sp³-hybridized carbons (Fsp3) is 0.148. The minimum absolute atomic E-state index is 0.0445. The van der Waals surface area contributed by atoms with Gasteiger partial charge in [-0.15, -0.1) is 0 Å². The van der Waals surface area contributed by atoms with Gasteiger partial charge in [0.05, 0.1) is 33.6 Å². The van der Waals surface area contributed by atoms with Crippen molar-refractivity contribution >= 4 is 121 Å². The molecule has 594 valence electrons. The van der Waals surface area contributed by atoms with Crippen molar-refractivity contribution in [1.29, 1.82) is 0 Å². The summed E-state index contributed by atoms with van der Waals surface area (Å²) < 4.78 is 28.3. The number of ether oxygens (including phenoxy) is 4. The van der Waals surface area contributed by atoms with Crippen LogP contribution in [0.1, 0.15) is 165 Å². The standard InChI is InChI=1S/C108H80N2O12/c1-51(2)67-13-11-14-68(52(3)4)103(67)109-105(115)83-47-87(119-63-27-19-59(111)20-28-63)97-75-39-35-71-79-43-55(9)57(45-81(79)73-37-41-77(93(75)91(71)73)99-89(121-65-31-23-61(113)24-32-65)49-85(107(109)117)95(83)101(97)99)17-18-58-46-82-74-38-42-78-94-76(40-36-72(92(74)94)80(82)44-56(58)10)98-88(120-64-29-21-60(112)22-30-64)48-84-96-86(50-90(100(78)102(96)98)122-66-33-25-62(114)26-34-66)108(118)110(106(84)116)104-69(53(5)6)15-12-16-70(104)54(7)8/h11-16,19-54,111-114H,17-18H2,1-10H3. The van der Waals surface area contributed by atoms with E-state index in [2.05, 4.69) is 142 Å². The van der Waals surface area contributed by atoms with Gasteiger partial charge in [-0.2, -0.15) is 0 Å². The monoisotopic (exact) mass is 1600 g/mol. The normalized spacial score (nSPS) is 13.4. The van der Waals surface area contributed by atoms with Gasteiger partial charge >= 0.3 is 0 Å². The average Bonchev–Trinajstić information content (AvgIpc) is 1.42. The third kappa shape index (κ3) is 10.7. The van der Waals surface area contributed by atoms with E-state index in [1.165, 1.54) is 20.9 Å². The molecule has 0 radical (unpaired) electrons. The number of amides is 4. The molecule has 0 saturated carbocycles. The van der Waals surface area contributed by atoms with E-state index in [-0.39, 0.29) is 46.7 Å². The Bertz CT molecular complexity index is 6960. The van der Waals surface area contributed by atoms with Crippen molar-refractivity contribution < 1.29 is 58.6 Å². The van der Waals surface area contributed by atoms with Crippen LogP contribution in [0, 0.1) is 13.8 Å². The van der Waals surface area contributed by atoms with Gasteiger partial charge in [0.25, 0.3) is 23.6 Å². The van der Waals surface area contributed by atoms with Crippen LogP contribution in [0.25, 0.3) is 131 Å². The fourth-order valence-corrected chi connectivity index (χ4v) is 20.3. The SMILES string of the molecule is Cc1cc2c(cc1CCc1cc3c(cc1C)-c1ccc4c5c(Oc6ccc(O)cc6)cc6c7c(cc(Oc8ccc(O)cc8)c(c8ccc-3c1c48)c75)C(=O)N(c1c(C(C)C)cccc1C(C)C)C6=O)-c1ccc3c4c(Oc5ccc(O)cc5)cc5c6c(cc(Oc7ccc(O)cc7)c(c7ccc-2c1c73)c64)C(=O)N(c1c(C(C)C)cccc1C(C)C)C5=O. The van der Waals surface area contributed by atoms with Crippen molar-refractivity contribution in [3.63, 3.8) is 0 Å². The molecule has 14 nitrogen and oxygen atoms in total. The number of anilines is 2. The maximum Gasteiger partial charge on any atom is 0.266 e. The van der Waals surface area contributed by atoms with Crippen LogP contribution >= 0.6 is 0 Å². The number of phenols is 4. The molecule has 0 aromatic heterocycles. The van der Waals surface area contributed by atoms with Crippen LogP contribution in [-0.2, 0) is 12.8 Å². The number of para-hydroxylation sites is 2. The predicted molar refractivity (Wildman–Crippen MR) is 485 cm³/mol. The first-order valence-electron chi connectivity index (χ1n) is 41.7. The molecule has 0 spiro atoms. The Morgan fingerprint density at radius 3 is 0.738 bits per heavy atom. The van der Waals surface area contributed by atoms with Gasteiger partial charge in [-0.05, 0) is 304 Å². The number of carbonyl (C=O) groups is 4. The number of phenolic OH excluding ortho intramolecular Hbond substituents is 4. The Hall–Kier alpha value is -14.8. The lowest BCUT2D eigenvalue weighted by Gasteiger charge is -2.33. The van der Waals surface area contributed by atoms with Crippen molar-refractivity contribution in [1.82, 2.24) is 0 Å². The van der Waals surface area contributed by atoms with Crippen LogP contribution in [0.15, 0.2) is 231 Å². The Kier molecular flexibility index (Phi) is 16.2. The summed E-state index contributed by atoms with van der Waals surface area (Å²) in [7, 11) is 0. The van der Waals surface area contributed by atoms with E-state index in [4.69, 9.17) is 18.9 Å². The number of hydrogen-bond acceptors (Lipinski definition) is 12. The molecule has 4 aliphatic rings. The maximum atomic E-state index is 16.0. The first-order valence-corrected chi connectivity index (χ1v) is 41.7. The molecule has 2 aliphatic carbocycles. The van der Waals surface area contributed by atoms with Crippen LogP contribution < -0.4 is 28.7 Å². The lowest BCUT2D eigenvalue weighted by Crippen LogP contribution is -2.42. The summed E-state index contributed by atoms with van der Waals surface area (Å²) in [4.78, 5) is 66.6. The first kappa shape index (κ1) is 73.6. The zero-order valence-corrected chi connectivity index (χ0v) is 68.6. The molecule has 18 aromatic rings. The molecule has 0 saturated heterocycles. The maximum absolute atomic E-state index is 16.0. The zero-order chi connectivity index (χ0) is 83.8. The van der Waals surface area contributed by atoms with Crippen molar-refractivity contribution in [2.75, 3.05) is 9.80 Å². The lowest BCUT2D eigenvalue weighted by atomic mass is 9.82. The van der Waals surface area contributed by atoms with Gasteiger partial charge in [-0.3, -0.25) is 19.2 Å². The minimum Gasteiger partial charge on any atom is -0.508 e. The molecule has 2 heterocycles. The number of fused-ring (bicyclic) bond motifs is 10. The molecule has 0 bridgehead atoms. The minimum atomic E-state index is -0.478. The van der Waals surface area contributed by atoms with E-state index in [0.29, 0.717) is 123 Å². The number of nitrogens with zero attached hydrogens (tertiary/aromatic N) is 2. The summed E-state index contributed by atoms with van der Waals surface area (Å²) in [5.41, 5.74) is 19.1.